The molecule has 0 unspecified atom stereocenters. The molecule has 0 rings (SSSR count). The fraction of sp³-hybridized carbons (Fsp3) is 1.00. The Labute approximate surface area is 80.2 Å². The molecular weight excluding hydrogens is 199 g/mol. The Morgan fingerprint density at radius 2 is 1.75 bits per heavy atom. The number of hydrogen-bond acceptors (Lipinski definition) is 3. The van der Waals surface area contributed by atoms with Gasteiger partial charge in [0.2, 0.25) is 0 Å². The van der Waals surface area contributed by atoms with Crippen molar-refractivity contribution in [3.63, 3.8) is 0 Å². The van der Waals surface area contributed by atoms with E-state index in [0.29, 0.717) is 32.0 Å². The van der Waals surface area contributed by atoms with Crippen molar-refractivity contribution < 1.29 is 13.8 Å². The average molecular weight is 215 g/mol. The van der Waals surface area contributed by atoms with Gasteiger partial charge in [0.15, 0.2) is 8.38 Å². The van der Waals surface area contributed by atoms with E-state index in [2.05, 4.69) is 0 Å². The van der Waals surface area contributed by atoms with Gasteiger partial charge in [-0.2, -0.15) is 0 Å². The molecule has 0 N–H and O–H groups in total. The molecule has 0 aromatic rings. The Bertz CT molecular complexity index is 88.7. The topological polar surface area (TPSA) is 27.7 Å². The lowest BCUT2D eigenvalue weighted by molar-refractivity contribution is 0.165. The van der Waals surface area contributed by atoms with Crippen LogP contribution in [0.4, 0.5) is 0 Å². The molecule has 0 atom stereocenters. The molecule has 0 aliphatic carbocycles. The summed E-state index contributed by atoms with van der Waals surface area (Å²) < 4.78 is 15.8. The van der Waals surface area contributed by atoms with Crippen LogP contribution in [0.3, 0.4) is 0 Å². The maximum atomic E-state index is 5.44. The molecule has 0 spiro atoms. The van der Waals surface area contributed by atoms with E-state index < -0.39 is 8.38 Å². The van der Waals surface area contributed by atoms with E-state index in [0.717, 1.165) is 0 Å². The summed E-state index contributed by atoms with van der Waals surface area (Å²) in [6, 6.07) is 0. The van der Waals surface area contributed by atoms with Gasteiger partial charge in [0, 0.05) is 5.88 Å². The predicted octanol–water partition coefficient (Wildman–Crippen LogP) is 2.58. The van der Waals surface area contributed by atoms with Gasteiger partial charge in [-0.15, -0.1) is 11.6 Å². The van der Waals surface area contributed by atoms with E-state index in [1.807, 2.05) is 13.8 Å². The van der Waals surface area contributed by atoms with Gasteiger partial charge in [-0.1, -0.05) is 0 Å². The summed E-state index contributed by atoms with van der Waals surface area (Å²) in [7, 11) is -0.853. The first-order valence-electron chi connectivity index (χ1n) is 4.02. The largest absolute Gasteiger partial charge is 0.371 e. The van der Waals surface area contributed by atoms with Crippen molar-refractivity contribution in [1.29, 1.82) is 0 Å². The van der Waals surface area contributed by atoms with Gasteiger partial charge < -0.3 is 13.8 Å². The molecule has 0 aliphatic rings. The number of halogens is 1. The molecular formula is C7H16ClO3P. The van der Waals surface area contributed by atoms with E-state index >= 15 is 0 Å². The zero-order valence-electron chi connectivity index (χ0n) is 7.59. The molecule has 0 heterocycles. The smallest absolute Gasteiger partial charge is 0.198 e. The number of hydrogen-bond donors (Lipinski definition) is 0. The number of alkyl halides is 1. The SMILES string of the molecule is CCOP(COCCCl)OCC. The minimum Gasteiger partial charge on any atom is -0.371 e. The summed E-state index contributed by atoms with van der Waals surface area (Å²) in [5.74, 6) is 0.515. The molecule has 0 radical (unpaired) electrons. The van der Waals surface area contributed by atoms with Crippen LogP contribution in [0.1, 0.15) is 13.8 Å². The third-order valence-electron chi connectivity index (χ3n) is 0.964. The third-order valence-corrected chi connectivity index (χ3v) is 2.60. The second-order valence-electron chi connectivity index (χ2n) is 1.89. The summed E-state index contributed by atoms with van der Waals surface area (Å²) in [6.45, 7) is 5.76. The molecule has 0 fully saturated rings. The highest BCUT2D eigenvalue weighted by molar-refractivity contribution is 7.47. The van der Waals surface area contributed by atoms with E-state index in [1.54, 1.807) is 0 Å². The minimum atomic E-state index is -0.853. The number of rotatable bonds is 8. The Hall–Kier alpha value is 0.600. The van der Waals surface area contributed by atoms with Crippen LogP contribution < -0.4 is 0 Å². The van der Waals surface area contributed by atoms with Crippen LogP contribution in [0.2, 0.25) is 0 Å². The average Bonchev–Trinajstić information content (AvgIpc) is 2.06. The summed E-state index contributed by atoms with van der Waals surface area (Å²) in [6.07, 6.45) is 0.518. The molecule has 3 nitrogen and oxygen atoms in total. The van der Waals surface area contributed by atoms with E-state index in [4.69, 9.17) is 25.4 Å². The van der Waals surface area contributed by atoms with Crippen molar-refractivity contribution in [1.82, 2.24) is 0 Å². The predicted molar refractivity (Wildman–Crippen MR) is 51.7 cm³/mol. The van der Waals surface area contributed by atoms with Crippen LogP contribution in [0.15, 0.2) is 0 Å². The van der Waals surface area contributed by atoms with Crippen LogP contribution in [-0.2, 0) is 13.8 Å². The molecule has 0 aromatic carbocycles. The van der Waals surface area contributed by atoms with Gasteiger partial charge >= 0.3 is 0 Å². The lowest BCUT2D eigenvalue weighted by Crippen LogP contribution is -2.01. The van der Waals surface area contributed by atoms with Crippen molar-refractivity contribution in [2.24, 2.45) is 0 Å². The highest BCUT2D eigenvalue weighted by Crippen LogP contribution is 2.37. The van der Waals surface area contributed by atoms with Crippen molar-refractivity contribution in [2.75, 3.05) is 32.0 Å². The van der Waals surface area contributed by atoms with Crippen molar-refractivity contribution in [2.45, 2.75) is 13.8 Å². The molecule has 74 valence electrons. The van der Waals surface area contributed by atoms with Gasteiger partial charge in [0.25, 0.3) is 0 Å². The molecule has 0 saturated heterocycles. The van der Waals surface area contributed by atoms with Crippen LogP contribution >= 0.6 is 20.0 Å². The second-order valence-corrected chi connectivity index (χ2v) is 3.71. The highest BCUT2D eigenvalue weighted by atomic mass is 35.5. The molecule has 0 amide bonds. The maximum absolute atomic E-state index is 5.44. The lowest BCUT2D eigenvalue weighted by Gasteiger charge is -2.14. The Morgan fingerprint density at radius 3 is 2.17 bits per heavy atom. The summed E-state index contributed by atoms with van der Waals surface area (Å²) in [5, 5.41) is 0. The van der Waals surface area contributed by atoms with Crippen molar-refractivity contribution in [3.05, 3.63) is 0 Å². The monoisotopic (exact) mass is 214 g/mol. The Morgan fingerprint density at radius 1 is 1.17 bits per heavy atom. The molecule has 0 saturated carbocycles. The Kier molecular flexibility index (Phi) is 10.2. The van der Waals surface area contributed by atoms with Crippen LogP contribution in [0.25, 0.3) is 0 Å². The van der Waals surface area contributed by atoms with Gasteiger partial charge in [-0.25, -0.2) is 0 Å². The minimum absolute atomic E-state index is 0.515. The summed E-state index contributed by atoms with van der Waals surface area (Å²) >= 11 is 5.44. The molecule has 0 bridgehead atoms. The molecule has 5 heteroatoms. The van der Waals surface area contributed by atoms with Crippen LogP contribution in [0, 0.1) is 0 Å². The van der Waals surface area contributed by atoms with Gasteiger partial charge in [0.05, 0.1) is 19.8 Å². The number of ether oxygens (including phenoxy) is 1. The molecule has 12 heavy (non-hydrogen) atoms. The fourth-order valence-corrected chi connectivity index (χ4v) is 1.78. The van der Waals surface area contributed by atoms with Gasteiger partial charge in [0.1, 0.15) is 6.35 Å². The third kappa shape index (κ3) is 7.26. The first-order valence-corrected chi connectivity index (χ1v) is 5.91. The lowest BCUT2D eigenvalue weighted by atomic mass is 10.9. The first-order chi connectivity index (χ1) is 5.85. The highest BCUT2D eigenvalue weighted by Gasteiger charge is 2.07. The maximum Gasteiger partial charge on any atom is 0.198 e. The van der Waals surface area contributed by atoms with Gasteiger partial charge in [-0.3, -0.25) is 0 Å². The fourth-order valence-electron chi connectivity index (χ4n) is 0.593. The summed E-state index contributed by atoms with van der Waals surface area (Å²) in [4.78, 5) is 0. The zero-order valence-corrected chi connectivity index (χ0v) is 9.24. The van der Waals surface area contributed by atoms with Crippen LogP contribution in [0.5, 0.6) is 0 Å². The quantitative estimate of drug-likeness (QED) is 0.353. The normalized spacial score (nSPS) is 11.0. The molecule has 0 aromatic heterocycles. The van der Waals surface area contributed by atoms with Gasteiger partial charge in [-0.05, 0) is 13.8 Å². The zero-order chi connectivity index (χ0) is 9.23. The van der Waals surface area contributed by atoms with Crippen molar-refractivity contribution in [3.8, 4) is 0 Å². The van der Waals surface area contributed by atoms with E-state index in [-0.39, 0.29) is 0 Å². The molecule has 0 aliphatic heterocycles. The standard InChI is InChI=1S/C7H16ClO3P/c1-3-10-12(11-4-2)7-9-6-5-8/h3-7H2,1-2H3. The first kappa shape index (κ1) is 12.6. The van der Waals surface area contributed by atoms with E-state index in [9.17, 15) is 0 Å². The van der Waals surface area contributed by atoms with Crippen LogP contribution in [-0.4, -0.2) is 32.0 Å². The van der Waals surface area contributed by atoms with Crippen molar-refractivity contribution >= 4 is 20.0 Å². The van der Waals surface area contributed by atoms with E-state index in [1.165, 1.54) is 0 Å². The Balaban J connectivity index is 3.34. The second kappa shape index (κ2) is 9.69. The summed E-state index contributed by atoms with van der Waals surface area (Å²) in [5.41, 5.74) is 0.